The molecule has 5 aromatic rings. The minimum absolute atomic E-state index is 1.23. The molecule has 0 saturated heterocycles. The van der Waals surface area contributed by atoms with Crippen LogP contribution in [-0.2, 0) is 0 Å². The van der Waals surface area contributed by atoms with E-state index in [-0.39, 0.29) is 0 Å². The Kier molecular flexibility index (Phi) is 11.6. The SMILES string of the molecule is C(=C\c1ccccc1)/c1ccccc1.C=C.c1ccc2ccccc2c1.c1ccsc1. The third-order valence-electron chi connectivity index (χ3n) is 4.15. The molecule has 0 fully saturated rings. The normalized spacial score (nSPS) is 9.42. The van der Waals surface area contributed by atoms with Gasteiger partial charge in [0, 0.05) is 0 Å². The van der Waals surface area contributed by atoms with Crippen LogP contribution in [0, 0.1) is 0 Å². The van der Waals surface area contributed by atoms with Crippen molar-refractivity contribution in [2.24, 2.45) is 0 Å². The van der Waals surface area contributed by atoms with Crippen LogP contribution in [0.4, 0.5) is 0 Å². The molecule has 0 spiro atoms. The zero-order valence-corrected chi connectivity index (χ0v) is 18.5. The summed E-state index contributed by atoms with van der Waals surface area (Å²) in [4.78, 5) is 0. The molecule has 0 saturated carbocycles. The summed E-state index contributed by atoms with van der Waals surface area (Å²) >= 11 is 1.71. The van der Waals surface area contributed by atoms with Crippen molar-refractivity contribution in [1.29, 1.82) is 0 Å². The predicted molar refractivity (Wildman–Crippen MR) is 141 cm³/mol. The van der Waals surface area contributed by atoms with E-state index < -0.39 is 0 Å². The Morgan fingerprint density at radius 1 is 0.419 bits per heavy atom. The first kappa shape index (κ1) is 23.6. The molecule has 0 nitrogen and oxygen atoms in total. The lowest BCUT2D eigenvalue weighted by Crippen LogP contribution is -1.70. The zero-order chi connectivity index (χ0) is 22.0. The van der Waals surface area contributed by atoms with E-state index in [1.807, 2.05) is 59.3 Å². The van der Waals surface area contributed by atoms with Gasteiger partial charge in [-0.15, -0.1) is 13.2 Å². The maximum Gasteiger partial charge on any atom is -0.00934 e. The fourth-order valence-electron chi connectivity index (χ4n) is 2.68. The van der Waals surface area contributed by atoms with E-state index in [1.54, 1.807) is 11.3 Å². The summed E-state index contributed by atoms with van der Waals surface area (Å²) in [6.45, 7) is 6.00. The van der Waals surface area contributed by atoms with Crippen LogP contribution in [0.3, 0.4) is 0 Å². The van der Waals surface area contributed by atoms with Crippen molar-refractivity contribution in [3.63, 3.8) is 0 Å². The van der Waals surface area contributed by atoms with E-state index in [4.69, 9.17) is 0 Å². The summed E-state index contributed by atoms with van der Waals surface area (Å²) in [7, 11) is 0. The van der Waals surface area contributed by atoms with Gasteiger partial charge < -0.3 is 0 Å². The molecule has 0 aliphatic carbocycles. The first-order valence-corrected chi connectivity index (χ1v) is 11.1. The van der Waals surface area contributed by atoms with Crippen LogP contribution < -0.4 is 0 Å². The maximum absolute atomic E-state index is 3.00. The molecule has 5 rings (SSSR count). The maximum atomic E-state index is 3.00. The van der Waals surface area contributed by atoms with Crippen molar-refractivity contribution in [3.8, 4) is 0 Å². The second kappa shape index (κ2) is 15.2. The molecule has 1 heteroatoms. The van der Waals surface area contributed by atoms with Gasteiger partial charge in [-0.05, 0) is 32.7 Å². The van der Waals surface area contributed by atoms with Gasteiger partial charge >= 0.3 is 0 Å². The number of thiophene rings is 1. The molecule has 0 amide bonds. The average Bonchev–Trinajstić information content (AvgIpc) is 3.46. The minimum atomic E-state index is 1.23. The topological polar surface area (TPSA) is 0 Å². The summed E-state index contributed by atoms with van der Waals surface area (Å²) < 4.78 is 0. The largest absolute Gasteiger partial charge is 0.152 e. The Morgan fingerprint density at radius 3 is 1.03 bits per heavy atom. The number of benzene rings is 4. The Labute approximate surface area is 190 Å². The van der Waals surface area contributed by atoms with Crippen LogP contribution in [0.25, 0.3) is 22.9 Å². The van der Waals surface area contributed by atoms with E-state index in [0.717, 1.165) is 0 Å². The van der Waals surface area contributed by atoms with Gasteiger partial charge in [0.2, 0.25) is 0 Å². The predicted octanol–water partition coefficient (Wildman–Crippen LogP) is 9.25. The van der Waals surface area contributed by atoms with Crippen LogP contribution in [0.2, 0.25) is 0 Å². The molecule has 0 unspecified atom stereocenters. The first-order valence-electron chi connectivity index (χ1n) is 10.1. The lowest BCUT2D eigenvalue weighted by molar-refractivity contribution is 1.65. The Morgan fingerprint density at radius 2 is 0.742 bits per heavy atom. The standard InChI is InChI=1S/C14H12.C10H8.C4H4S.C2H4/c1-3-7-13(8-4-1)11-12-14-9-5-2-6-10-14;1-2-6-10-8-4-3-7-9(10)5-1;1-2-4-5-3-1;1-2/h1-12H;1-8H;1-4H;1-2H2/b12-11+;;;. The number of fused-ring (bicyclic) bond motifs is 1. The minimum Gasteiger partial charge on any atom is -0.152 e. The quantitative estimate of drug-likeness (QED) is 0.197. The van der Waals surface area contributed by atoms with Crippen molar-refractivity contribution in [1.82, 2.24) is 0 Å². The molecule has 4 aromatic carbocycles. The van der Waals surface area contributed by atoms with E-state index in [0.29, 0.717) is 0 Å². The molecule has 0 atom stereocenters. The highest BCUT2D eigenvalue weighted by atomic mass is 32.1. The molecule has 0 radical (unpaired) electrons. The Bertz CT molecular complexity index is 971. The summed E-state index contributed by atoms with van der Waals surface area (Å²) in [6.07, 6.45) is 4.24. The zero-order valence-electron chi connectivity index (χ0n) is 17.7. The second-order valence-electron chi connectivity index (χ2n) is 6.29. The van der Waals surface area contributed by atoms with Crippen LogP contribution in [0.5, 0.6) is 0 Å². The summed E-state index contributed by atoms with van der Waals surface area (Å²) in [5.74, 6) is 0. The van der Waals surface area contributed by atoms with Gasteiger partial charge in [0.1, 0.15) is 0 Å². The Hall–Kier alpha value is -3.68. The first-order chi connectivity index (χ1) is 15.4. The molecule has 154 valence electrons. The van der Waals surface area contributed by atoms with Crippen molar-refractivity contribution < 1.29 is 0 Å². The highest BCUT2D eigenvalue weighted by molar-refractivity contribution is 7.07. The highest BCUT2D eigenvalue weighted by Gasteiger charge is 1.85. The average molecular weight is 421 g/mol. The van der Waals surface area contributed by atoms with Gasteiger partial charge in [-0.1, -0.05) is 133 Å². The summed E-state index contributed by atoms with van der Waals surface area (Å²) in [6, 6.07) is 41.4. The lowest BCUT2D eigenvalue weighted by atomic mass is 10.1. The van der Waals surface area contributed by atoms with E-state index >= 15 is 0 Å². The fraction of sp³-hybridized carbons (Fsp3) is 0. The van der Waals surface area contributed by atoms with Crippen LogP contribution in [0.1, 0.15) is 11.1 Å². The fourth-order valence-corrected chi connectivity index (χ4v) is 3.13. The van der Waals surface area contributed by atoms with Crippen molar-refractivity contribution in [3.05, 3.63) is 156 Å². The molecule has 0 aliphatic rings. The van der Waals surface area contributed by atoms with Gasteiger partial charge in [-0.25, -0.2) is 0 Å². The third kappa shape index (κ3) is 9.58. The van der Waals surface area contributed by atoms with Gasteiger partial charge in [0.15, 0.2) is 0 Å². The second-order valence-corrected chi connectivity index (χ2v) is 7.11. The number of hydrogen-bond donors (Lipinski definition) is 0. The van der Waals surface area contributed by atoms with Crippen molar-refractivity contribution in [2.45, 2.75) is 0 Å². The number of hydrogen-bond acceptors (Lipinski definition) is 1. The monoisotopic (exact) mass is 420 g/mol. The molecule has 31 heavy (non-hydrogen) atoms. The van der Waals surface area contributed by atoms with E-state index in [9.17, 15) is 0 Å². The molecular weight excluding hydrogens is 392 g/mol. The molecule has 0 bridgehead atoms. The van der Waals surface area contributed by atoms with Crippen LogP contribution in [-0.4, -0.2) is 0 Å². The smallest absolute Gasteiger partial charge is 0.00934 e. The molecule has 1 aromatic heterocycles. The van der Waals surface area contributed by atoms with Crippen molar-refractivity contribution in [2.75, 3.05) is 0 Å². The van der Waals surface area contributed by atoms with Gasteiger partial charge in [0.25, 0.3) is 0 Å². The molecule has 1 heterocycles. The summed E-state index contributed by atoms with van der Waals surface area (Å²) in [5, 5.41) is 6.70. The molecular formula is C30H28S. The number of rotatable bonds is 2. The summed E-state index contributed by atoms with van der Waals surface area (Å²) in [5.41, 5.74) is 2.47. The van der Waals surface area contributed by atoms with Gasteiger partial charge in [0.05, 0.1) is 0 Å². The Balaban J connectivity index is 0.000000174. The third-order valence-corrected chi connectivity index (χ3v) is 4.78. The van der Waals surface area contributed by atoms with E-state index in [2.05, 4.69) is 98.1 Å². The lowest BCUT2D eigenvalue weighted by Gasteiger charge is -1.92. The van der Waals surface area contributed by atoms with Crippen LogP contribution >= 0.6 is 11.3 Å². The van der Waals surface area contributed by atoms with Crippen molar-refractivity contribution >= 4 is 34.3 Å². The molecule has 0 N–H and O–H groups in total. The van der Waals surface area contributed by atoms with Gasteiger partial charge in [-0.3, -0.25) is 0 Å². The van der Waals surface area contributed by atoms with E-state index in [1.165, 1.54) is 21.9 Å². The van der Waals surface area contributed by atoms with Crippen LogP contribution in [0.15, 0.2) is 145 Å². The van der Waals surface area contributed by atoms with Gasteiger partial charge in [-0.2, -0.15) is 11.3 Å². The highest BCUT2D eigenvalue weighted by Crippen LogP contribution is 2.11. The molecule has 0 aliphatic heterocycles.